The van der Waals surface area contributed by atoms with Crippen LogP contribution in [-0.2, 0) is 0 Å². The quantitative estimate of drug-likeness (QED) is 0.689. The van der Waals surface area contributed by atoms with Crippen molar-refractivity contribution in [3.63, 3.8) is 0 Å². The van der Waals surface area contributed by atoms with Crippen molar-refractivity contribution in [2.75, 3.05) is 12.5 Å². The number of thioether (sulfide) groups is 2. The molecule has 0 nitrogen and oxygen atoms in total. The molecule has 70 valence electrons. The molecule has 2 fully saturated rings. The molecule has 4 atom stereocenters. The fraction of sp³-hybridized carbons (Fsp3) is 1.00. The van der Waals surface area contributed by atoms with Crippen LogP contribution in [0.25, 0.3) is 0 Å². The first-order valence-corrected chi connectivity index (χ1v) is 7.50. The molecule has 0 radical (unpaired) electrons. The van der Waals surface area contributed by atoms with Crippen LogP contribution in [-0.4, -0.2) is 23.0 Å². The Morgan fingerprint density at radius 3 is 2.25 bits per heavy atom. The molecule has 0 aromatic heterocycles. The van der Waals surface area contributed by atoms with Crippen molar-refractivity contribution in [1.29, 1.82) is 0 Å². The van der Waals surface area contributed by atoms with Gasteiger partial charge in [0.05, 0.1) is 0 Å². The summed E-state index contributed by atoms with van der Waals surface area (Å²) in [4.78, 5) is 0. The molecule has 0 heterocycles. The zero-order chi connectivity index (χ0) is 8.55. The standard InChI is InChI=1S/C10H18S2/c1-11-9-5-3-4-7(9)8-6-10(8)12-2/h7-10H,3-6H2,1-2H3. The highest BCUT2D eigenvalue weighted by Gasteiger charge is 2.46. The summed E-state index contributed by atoms with van der Waals surface area (Å²) in [6.45, 7) is 0. The molecule has 0 N–H and O–H groups in total. The minimum atomic E-state index is 1.01. The summed E-state index contributed by atoms with van der Waals surface area (Å²) in [6.07, 6.45) is 10.6. The van der Waals surface area contributed by atoms with Crippen LogP contribution in [0.3, 0.4) is 0 Å². The van der Waals surface area contributed by atoms with E-state index in [2.05, 4.69) is 36.0 Å². The minimum absolute atomic E-state index is 1.01. The van der Waals surface area contributed by atoms with Crippen molar-refractivity contribution in [1.82, 2.24) is 0 Å². The predicted octanol–water partition coefficient (Wildman–Crippen LogP) is 3.27. The molecule has 0 aromatic carbocycles. The van der Waals surface area contributed by atoms with E-state index in [1.807, 2.05) is 0 Å². The van der Waals surface area contributed by atoms with E-state index in [0.29, 0.717) is 0 Å². The Balaban J connectivity index is 1.87. The molecule has 0 saturated heterocycles. The van der Waals surface area contributed by atoms with Gasteiger partial charge in [0, 0.05) is 10.5 Å². The zero-order valence-electron chi connectivity index (χ0n) is 7.95. The molecule has 2 saturated carbocycles. The minimum Gasteiger partial charge on any atom is -0.162 e. The van der Waals surface area contributed by atoms with Gasteiger partial charge in [-0.25, -0.2) is 0 Å². The van der Waals surface area contributed by atoms with Crippen LogP contribution in [0.1, 0.15) is 25.7 Å². The second-order valence-corrected chi connectivity index (χ2v) is 6.20. The average Bonchev–Trinajstić information content (AvgIpc) is 2.74. The first kappa shape index (κ1) is 9.26. The lowest BCUT2D eigenvalue weighted by Gasteiger charge is -2.16. The van der Waals surface area contributed by atoms with Gasteiger partial charge >= 0.3 is 0 Å². The normalized spacial score (nSPS) is 46.5. The van der Waals surface area contributed by atoms with Gasteiger partial charge in [0.25, 0.3) is 0 Å². The number of hydrogen-bond donors (Lipinski definition) is 0. The van der Waals surface area contributed by atoms with E-state index in [1.165, 1.54) is 25.7 Å². The van der Waals surface area contributed by atoms with Crippen LogP contribution in [0.5, 0.6) is 0 Å². The van der Waals surface area contributed by atoms with Crippen LogP contribution in [0.4, 0.5) is 0 Å². The third-order valence-corrected chi connectivity index (χ3v) is 5.78. The maximum Gasteiger partial charge on any atom is 0.00791 e. The molecule has 12 heavy (non-hydrogen) atoms. The molecule has 2 aliphatic carbocycles. The van der Waals surface area contributed by atoms with Crippen LogP contribution in [0, 0.1) is 11.8 Å². The average molecular weight is 202 g/mol. The Hall–Kier alpha value is 0.700. The largest absolute Gasteiger partial charge is 0.162 e. The molecule has 2 heteroatoms. The van der Waals surface area contributed by atoms with Crippen LogP contribution in [0.2, 0.25) is 0 Å². The van der Waals surface area contributed by atoms with E-state index in [4.69, 9.17) is 0 Å². The SMILES string of the molecule is CSC1CCCC1C1CC1SC. The summed E-state index contributed by atoms with van der Waals surface area (Å²) in [6, 6.07) is 0. The predicted molar refractivity (Wildman–Crippen MR) is 60.1 cm³/mol. The lowest BCUT2D eigenvalue weighted by Crippen LogP contribution is -2.13. The molecule has 2 rings (SSSR count). The summed E-state index contributed by atoms with van der Waals surface area (Å²) in [5.41, 5.74) is 0. The van der Waals surface area contributed by atoms with E-state index in [0.717, 1.165) is 22.3 Å². The number of rotatable bonds is 3. The molecule has 0 bridgehead atoms. The highest BCUT2D eigenvalue weighted by atomic mass is 32.2. The maximum atomic E-state index is 2.29. The molecule has 2 aliphatic rings. The van der Waals surface area contributed by atoms with Crippen molar-refractivity contribution in [3.05, 3.63) is 0 Å². The molecule has 4 unspecified atom stereocenters. The fourth-order valence-electron chi connectivity index (χ4n) is 2.65. The van der Waals surface area contributed by atoms with Gasteiger partial charge in [-0.05, 0) is 43.6 Å². The lowest BCUT2D eigenvalue weighted by molar-refractivity contribution is 0.492. The smallest absolute Gasteiger partial charge is 0.00791 e. The molecule has 0 aliphatic heterocycles. The number of hydrogen-bond acceptors (Lipinski definition) is 2. The summed E-state index contributed by atoms with van der Waals surface area (Å²) in [7, 11) is 0. The van der Waals surface area contributed by atoms with Crippen molar-refractivity contribution < 1.29 is 0 Å². The zero-order valence-corrected chi connectivity index (χ0v) is 9.59. The van der Waals surface area contributed by atoms with Crippen molar-refractivity contribution in [2.24, 2.45) is 11.8 Å². The topological polar surface area (TPSA) is 0 Å². The molecule has 0 amide bonds. The van der Waals surface area contributed by atoms with E-state index in [-0.39, 0.29) is 0 Å². The van der Waals surface area contributed by atoms with Gasteiger partial charge in [-0.1, -0.05) is 6.42 Å². The third kappa shape index (κ3) is 1.65. The van der Waals surface area contributed by atoms with Gasteiger partial charge in [-0.2, -0.15) is 23.5 Å². The molecule has 0 spiro atoms. The first-order valence-electron chi connectivity index (χ1n) is 4.92. The van der Waals surface area contributed by atoms with Gasteiger partial charge in [0.1, 0.15) is 0 Å². The van der Waals surface area contributed by atoms with Crippen molar-refractivity contribution in [2.45, 2.75) is 36.2 Å². The highest BCUT2D eigenvalue weighted by molar-refractivity contribution is 7.99. The Labute approximate surface area is 84.3 Å². The highest BCUT2D eigenvalue weighted by Crippen LogP contribution is 2.52. The van der Waals surface area contributed by atoms with E-state index in [1.54, 1.807) is 0 Å². The van der Waals surface area contributed by atoms with Gasteiger partial charge in [0.15, 0.2) is 0 Å². The molecule has 0 aromatic rings. The molecular weight excluding hydrogens is 184 g/mol. The van der Waals surface area contributed by atoms with E-state index < -0.39 is 0 Å². The summed E-state index contributed by atoms with van der Waals surface area (Å²) in [5, 5.41) is 2.04. The van der Waals surface area contributed by atoms with E-state index in [9.17, 15) is 0 Å². The second kappa shape index (κ2) is 3.83. The Bertz CT molecular complexity index is 158. The first-order chi connectivity index (χ1) is 5.86. The fourth-order valence-corrected chi connectivity index (χ4v) is 4.70. The Morgan fingerprint density at radius 1 is 0.917 bits per heavy atom. The van der Waals surface area contributed by atoms with Crippen molar-refractivity contribution >= 4 is 23.5 Å². The van der Waals surface area contributed by atoms with Gasteiger partial charge in [-0.3, -0.25) is 0 Å². The monoisotopic (exact) mass is 202 g/mol. The van der Waals surface area contributed by atoms with E-state index >= 15 is 0 Å². The van der Waals surface area contributed by atoms with Gasteiger partial charge < -0.3 is 0 Å². The third-order valence-electron chi connectivity index (χ3n) is 3.44. The summed E-state index contributed by atoms with van der Waals surface area (Å²) in [5.74, 6) is 2.18. The molecular formula is C10H18S2. The lowest BCUT2D eigenvalue weighted by atomic mass is 10.0. The van der Waals surface area contributed by atoms with Crippen LogP contribution in [0.15, 0.2) is 0 Å². The maximum absolute atomic E-state index is 2.29. The van der Waals surface area contributed by atoms with Gasteiger partial charge in [0.2, 0.25) is 0 Å². The second-order valence-electron chi connectivity index (χ2n) is 4.04. The Kier molecular flexibility index (Phi) is 2.96. The summed E-state index contributed by atoms with van der Waals surface area (Å²) >= 11 is 4.20. The van der Waals surface area contributed by atoms with Crippen molar-refractivity contribution in [3.8, 4) is 0 Å². The van der Waals surface area contributed by atoms with Crippen LogP contribution >= 0.6 is 23.5 Å². The summed E-state index contributed by atoms with van der Waals surface area (Å²) < 4.78 is 0. The van der Waals surface area contributed by atoms with Crippen LogP contribution < -0.4 is 0 Å². The van der Waals surface area contributed by atoms with Gasteiger partial charge in [-0.15, -0.1) is 0 Å². The Morgan fingerprint density at radius 2 is 1.67 bits per heavy atom.